The summed E-state index contributed by atoms with van der Waals surface area (Å²) >= 11 is 0. The van der Waals surface area contributed by atoms with Crippen molar-refractivity contribution in [1.82, 2.24) is 4.90 Å². The Morgan fingerprint density at radius 1 is 1.38 bits per heavy atom. The van der Waals surface area contributed by atoms with Gasteiger partial charge in [0.1, 0.15) is 5.78 Å². The van der Waals surface area contributed by atoms with E-state index in [4.69, 9.17) is 5.11 Å². The zero-order valence-electron chi connectivity index (χ0n) is 7.56. The van der Waals surface area contributed by atoms with E-state index in [9.17, 15) is 9.59 Å². The third-order valence-electron chi connectivity index (χ3n) is 3.18. The highest BCUT2D eigenvalue weighted by Gasteiger charge is 2.59. The SMILES string of the molecule is CCC(=O)[C@@H]1[C@@H]2CN(C(=O)O)C[C@@H]21. The first-order valence-electron chi connectivity index (χ1n) is 4.65. The fourth-order valence-corrected chi connectivity index (χ4v) is 2.40. The number of nitrogens with zero attached hydrogens (tertiary/aromatic N) is 1. The van der Waals surface area contributed by atoms with E-state index >= 15 is 0 Å². The number of likely N-dealkylation sites (tertiary alicyclic amines) is 1. The number of carboxylic acid groups (broad SMARTS) is 1. The Bertz CT molecular complexity index is 252. The van der Waals surface area contributed by atoms with Gasteiger partial charge in [-0.15, -0.1) is 0 Å². The number of hydrogen-bond acceptors (Lipinski definition) is 2. The lowest BCUT2D eigenvalue weighted by Crippen LogP contribution is -2.30. The van der Waals surface area contributed by atoms with Gasteiger partial charge in [0, 0.05) is 25.4 Å². The molecular formula is C9H13NO3. The Morgan fingerprint density at radius 2 is 1.92 bits per heavy atom. The molecule has 0 aromatic carbocycles. The first kappa shape index (κ1) is 8.53. The second-order valence-electron chi connectivity index (χ2n) is 3.86. The van der Waals surface area contributed by atoms with Crippen molar-refractivity contribution in [2.75, 3.05) is 13.1 Å². The van der Waals surface area contributed by atoms with E-state index in [0.717, 1.165) is 0 Å². The molecule has 4 nitrogen and oxygen atoms in total. The van der Waals surface area contributed by atoms with Crippen molar-refractivity contribution in [3.05, 3.63) is 0 Å². The number of Topliss-reactive ketones (excluding diaryl/α,β-unsaturated/α-hetero) is 1. The van der Waals surface area contributed by atoms with Crippen LogP contribution in [0.5, 0.6) is 0 Å². The summed E-state index contributed by atoms with van der Waals surface area (Å²) < 4.78 is 0. The molecule has 72 valence electrons. The Kier molecular flexibility index (Phi) is 1.78. The molecule has 1 aliphatic heterocycles. The van der Waals surface area contributed by atoms with Crippen molar-refractivity contribution >= 4 is 11.9 Å². The second kappa shape index (κ2) is 2.72. The normalized spacial score (nSPS) is 35.8. The molecule has 1 aliphatic carbocycles. The van der Waals surface area contributed by atoms with Gasteiger partial charge in [-0.05, 0) is 11.8 Å². The lowest BCUT2D eigenvalue weighted by atomic mass is 10.1. The van der Waals surface area contributed by atoms with Crippen LogP contribution in [-0.4, -0.2) is 35.0 Å². The van der Waals surface area contributed by atoms with Gasteiger partial charge in [0.15, 0.2) is 0 Å². The van der Waals surface area contributed by atoms with Crippen LogP contribution < -0.4 is 0 Å². The molecule has 2 rings (SSSR count). The van der Waals surface area contributed by atoms with E-state index in [2.05, 4.69) is 0 Å². The highest BCUT2D eigenvalue weighted by atomic mass is 16.4. The molecule has 1 N–H and O–H groups in total. The Hall–Kier alpha value is -1.06. The van der Waals surface area contributed by atoms with Gasteiger partial charge in [-0.1, -0.05) is 6.92 Å². The van der Waals surface area contributed by atoms with Gasteiger partial charge in [0.25, 0.3) is 0 Å². The van der Waals surface area contributed by atoms with Gasteiger partial charge in [-0.2, -0.15) is 0 Å². The predicted octanol–water partition coefficient (Wildman–Crippen LogP) is 0.821. The number of fused-ring (bicyclic) bond motifs is 1. The van der Waals surface area contributed by atoms with Gasteiger partial charge in [0.05, 0.1) is 0 Å². The molecule has 3 atom stereocenters. The molecule has 13 heavy (non-hydrogen) atoms. The van der Waals surface area contributed by atoms with Crippen LogP contribution in [0, 0.1) is 17.8 Å². The molecule has 1 saturated carbocycles. The van der Waals surface area contributed by atoms with Gasteiger partial charge >= 0.3 is 6.09 Å². The van der Waals surface area contributed by atoms with Crippen LogP contribution in [0.3, 0.4) is 0 Å². The first-order valence-corrected chi connectivity index (χ1v) is 4.65. The average molecular weight is 183 g/mol. The number of hydrogen-bond donors (Lipinski definition) is 1. The van der Waals surface area contributed by atoms with E-state index in [1.54, 1.807) is 0 Å². The summed E-state index contributed by atoms with van der Waals surface area (Å²) in [6, 6.07) is 0. The largest absolute Gasteiger partial charge is 0.465 e. The van der Waals surface area contributed by atoms with Crippen LogP contribution >= 0.6 is 0 Å². The predicted molar refractivity (Wildman–Crippen MR) is 45.4 cm³/mol. The standard InChI is InChI=1S/C9H13NO3/c1-2-7(11)8-5-3-10(9(12)13)4-6(5)8/h5-6,8H,2-4H2,1H3,(H,12,13)/t5-,6+,8-. The summed E-state index contributed by atoms with van der Waals surface area (Å²) in [5, 5.41) is 8.67. The van der Waals surface area contributed by atoms with Crippen LogP contribution in [0.1, 0.15) is 13.3 Å². The van der Waals surface area contributed by atoms with Crippen LogP contribution in [0.4, 0.5) is 4.79 Å². The molecule has 1 saturated heterocycles. The van der Waals surface area contributed by atoms with E-state index in [1.807, 2.05) is 6.92 Å². The third-order valence-corrected chi connectivity index (χ3v) is 3.18. The molecule has 1 heterocycles. The van der Waals surface area contributed by atoms with Crippen molar-refractivity contribution in [2.45, 2.75) is 13.3 Å². The minimum atomic E-state index is -0.852. The second-order valence-corrected chi connectivity index (χ2v) is 3.86. The lowest BCUT2D eigenvalue weighted by molar-refractivity contribution is -0.120. The van der Waals surface area contributed by atoms with E-state index in [1.165, 1.54) is 4.90 Å². The minimum Gasteiger partial charge on any atom is -0.465 e. The third kappa shape index (κ3) is 1.20. The summed E-state index contributed by atoms with van der Waals surface area (Å²) in [7, 11) is 0. The van der Waals surface area contributed by atoms with E-state index in [0.29, 0.717) is 37.1 Å². The van der Waals surface area contributed by atoms with Crippen molar-refractivity contribution in [3.8, 4) is 0 Å². The maximum absolute atomic E-state index is 11.3. The number of amides is 1. The van der Waals surface area contributed by atoms with Gasteiger partial charge in [-0.3, -0.25) is 4.79 Å². The number of rotatable bonds is 2. The van der Waals surface area contributed by atoms with E-state index < -0.39 is 6.09 Å². The molecular weight excluding hydrogens is 170 g/mol. The van der Waals surface area contributed by atoms with Crippen molar-refractivity contribution in [3.63, 3.8) is 0 Å². The number of carbonyl (C=O) groups is 2. The molecule has 0 aromatic heterocycles. The zero-order chi connectivity index (χ0) is 9.59. The monoisotopic (exact) mass is 183 g/mol. The fourth-order valence-electron chi connectivity index (χ4n) is 2.40. The fraction of sp³-hybridized carbons (Fsp3) is 0.778. The van der Waals surface area contributed by atoms with Gasteiger partial charge < -0.3 is 10.0 Å². The average Bonchev–Trinajstić information content (AvgIpc) is 2.58. The Balaban J connectivity index is 1.90. The summed E-state index contributed by atoms with van der Waals surface area (Å²) in [5.74, 6) is 1.16. The maximum atomic E-state index is 11.3. The molecule has 0 radical (unpaired) electrons. The highest BCUT2D eigenvalue weighted by molar-refractivity contribution is 5.84. The summed E-state index contributed by atoms with van der Waals surface area (Å²) in [6.45, 7) is 3.00. The number of ketones is 1. The molecule has 0 unspecified atom stereocenters. The molecule has 2 aliphatic rings. The van der Waals surface area contributed by atoms with Crippen LogP contribution in [0.25, 0.3) is 0 Å². The molecule has 0 aromatic rings. The molecule has 2 fully saturated rings. The minimum absolute atomic E-state index is 0.181. The van der Waals surface area contributed by atoms with Crippen molar-refractivity contribution in [2.24, 2.45) is 17.8 Å². The topological polar surface area (TPSA) is 57.6 Å². The van der Waals surface area contributed by atoms with Gasteiger partial charge in [-0.25, -0.2) is 4.79 Å². The highest BCUT2D eigenvalue weighted by Crippen LogP contribution is 2.52. The summed E-state index contributed by atoms with van der Waals surface area (Å²) in [5.41, 5.74) is 0. The van der Waals surface area contributed by atoms with Crippen molar-refractivity contribution in [1.29, 1.82) is 0 Å². The zero-order valence-corrected chi connectivity index (χ0v) is 7.56. The Labute approximate surface area is 76.5 Å². The van der Waals surface area contributed by atoms with Crippen LogP contribution in [-0.2, 0) is 4.79 Å². The van der Waals surface area contributed by atoms with Crippen LogP contribution in [0.15, 0.2) is 0 Å². The van der Waals surface area contributed by atoms with Gasteiger partial charge in [0.2, 0.25) is 0 Å². The smallest absolute Gasteiger partial charge is 0.407 e. The molecule has 0 spiro atoms. The maximum Gasteiger partial charge on any atom is 0.407 e. The number of carbonyl (C=O) groups excluding carboxylic acids is 1. The molecule has 0 bridgehead atoms. The molecule has 4 heteroatoms. The molecule has 1 amide bonds. The number of piperidine rings is 1. The van der Waals surface area contributed by atoms with Crippen molar-refractivity contribution < 1.29 is 14.7 Å². The summed E-state index contributed by atoms with van der Waals surface area (Å²) in [4.78, 5) is 23.3. The quantitative estimate of drug-likeness (QED) is 0.689. The first-order chi connectivity index (χ1) is 6.15. The van der Waals surface area contributed by atoms with Crippen LogP contribution in [0.2, 0.25) is 0 Å². The summed E-state index contributed by atoms with van der Waals surface area (Å²) in [6.07, 6.45) is -0.264. The van der Waals surface area contributed by atoms with E-state index in [-0.39, 0.29) is 5.92 Å². The Morgan fingerprint density at radius 3 is 2.31 bits per heavy atom. The lowest BCUT2D eigenvalue weighted by Gasteiger charge is -2.14.